The van der Waals surface area contributed by atoms with E-state index in [1.807, 2.05) is 0 Å². The van der Waals surface area contributed by atoms with Crippen molar-refractivity contribution >= 4 is 5.78 Å². The molecule has 1 N–H and O–H groups in total. The topological polar surface area (TPSA) is 32.3 Å². The van der Waals surface area contributed by atoms with Gasteiger partial charge in [-0.2, -0.15) is 0 Å². The maximum Gasteiger partial charge on any atom is 0.157 e. The van der Waals surface area contributed by atoms with Crippen LogP contribution in [0.15, 0.2) is 11.8 Å². The molecule has 0 atom stereocenters. The summed E-state index contributed by atoms with van der Waals surface area (Å²) >= 11 is 0. The van der Waals surface area contributed by atoms with Gasteiger partial charge in [0.1, 0.15) is 0 Å². The van der Waals surface area contributed by atoms with E-state index in [1.54, 1.807) is 6.08 Å². The standard InChI is InChI=1S/C12H20N2O/c1-14(2)12(6-3-7-12)9-13-10-4-5-11(15)8-10/h8,13H,3-7,9H2,1-2H3. The summed E-state index contributed by atoms with van der Waals surface area (Å²) in [7, 11) is 4.30. The Kier molecular flexibility index (Phi) is 2.83. The van der Waals surface area contributed by atoms with Crippen LogP contribution >= 0.6 is 0 Å². The van der Waals surface area contributed by atoms with E-state index in [1.165, 1.54) is 19.3 Å². The fourth-order valence-electron chi connectivity index (χ4n) is 2.38. The van der Waals surface area contributed by atoms with Gasteiger partial charge in [0.15, 0.2) is 5.78 Å². The van der Waals surface area contributed by atoms with Crippen molar-refractivity contribution in [2.24, 2.45) is 0 Å². The number of rotatable bonds is 4. The molecule has 0 unspecified atom stereocenters. The van der Waals surface area contributed by atoms with Gasteiger partial charge in [-0.3, -0.25) is 4.79 Å². The largest absolute Gasteiger partial charge is 0.386 e. The molecule has 0 bridgehead atoms. The molecule has 2 aliphatic rings. The SMILES string of the molecule is CN(C)C1(CNC2=CC(=O)CC2)CCC1. The average Bonchev–Trinajstić information content (AvgIpc) is 2.49. The molecule has 0 heterocycles. The lowest BCUT2D eigenvalue weighted by molar-refractivity contribution is -0.114. The molecule has 84 valence electrons. The average molecular weight is 208 g/mol. The predicted molar refractivity (Wildman–Crippen MR) is 60.6 cm³/mol. The summed E-state index contributed by atoms with van der Waals surface area (Å²) in [6.45, 7) is 0.985. The van der Waals surface area contributed by atoms with Crippen LogP contribution in [-0.4, -0.2) is 36.9 Å². The first kappa shape index (κ1) is 10.7. The molecule has 0 aromatic carbocycles. The van der Waals surface area contributed by atoms with E-state index in [-0.39, 0.29) is 5.78 Å². The van der Waals surface area contributed by atoms with Crippen molar-refractivity contribution < 1.29 is 4.79 Å². The molecule has 0 aromatic rings. The van der Waals surface area contributed by atoms with E-state index in [4.69, 9.17) is 0 Å². The number of likely N-dealkylation sites (N-methyl/N-ethyl adjacent to an activating group) is 1. The molecular weight excluding hydrogens is 188 g/mol. The molecule has 0 saturated heterocycles. The Labute approximate surface area is 91.5 Å². The zero-order chi connectivity index (χ0) is 10.9. The lowest BCUT2D eigenvalue weighted by atomic mass is 9.75. The fourth-order valence-corrected chi connectivity index (χ4v) is 2.38. The van der Waals surface area contributed by atoms with E-state index in [2.05, 4.69) is 24.3 Å². The second-order valence-corrected chi connectivity index (χ2v) is 4.96. The first-order chi connectivity index (χ1) is 7.12. The highest BCUT2D eigenvalue weighted by molar-refractivity contribution is 5.92. The number of hydrogen-bond acceptors (Lipinski definition) is 3. The van der Waals surface area contributed by atoms with Crippen LogP contribution in [0.1, 0.15) is 32.1 Å². The number of ketones is 1. The third kappa shape index (κ3) is 2.07. The minimum atomic E-state index is 0.269. The van der Waals surface area contributed by atoms with E-state index in [0.29, 0.717) is 12.0 Å². The molecule has 2 aliphatic carbocycles. The Hall–Kier alpha value is -0.830. The van der Waals surface area contributed by atoms with Crippen molar-refractivity contribution in [2.75, 3.05) is 20.6 Å². The highest BCUT2D eigenvalue weighted by Gasteiger charge is 2.38. The third-order valence-electron chi connectivity index (χ3n) is 3.85. The van der Waals surface area contributed by atoms with E-state index >= 15 is 0 Å². The third-order valence-corrected chi connectivity index (χ3v) is 3.85. The van der Waals surface area contributed by atoms with Gasteiger partial charge >= 0.3 is 0 Å². The molecule has 3 heteroatoms. The molecule has 1 saturated carbocycles. The summed E-state index contributed by atoms with van der Waals surface area (Å²) in [5, 5.41) is 3.43. The Morgan fingerprint density at radius 3 is 2.53 bits per heavy atom. The number of carbonyl (C=O) groups is 1. The fraction of sp³-hybridized carbons (Fsp3) is 0.750. The molecule has 0 radical (unpaired) electrons. The first-order valence-electron chi connectivity index (χ1n) is 5.77. The Balaban J connectivity index is 1.87. The van der Waals surface area contributed by atoms with Crippen molar-refractivity contribution in [3.05, 3.63) is 11.8 Å². The van der Waals surface area contributed by atoms with Crippen molar-refractivity contribution in [1.29, 1.82) is 0 Å². The number of carbonyl (C=O) groups excluding carboxylic acids is 1. The van der Waals surface area contributed by atoms with Gasteiger partial charge in [0.25, 0.3) is 0 Å². The van der Waals surface area contributed by atoms with E-state index < -0.39 is 0 Å². The van der Waals surface area contributed by atoms with Gasteiger partial charge < -0.3 is 10.2 Å². The van der Waals surface area contributed by atoms with Gasteiger partial charge in [-0.1, -0.05) is 0 Å². The van der Waals surface area contributed by atoms with Gasteiger partial charge in [0.2, 0.25) is 0 Å². The van der Waals surface area contributed by atoms with Crippen LogP contribution in [0.5, 0.6) is 0 Å². The van der Waals surface area contributed by atoms with Gasteiger partial charge in [-0.15, -0.1) is 0 Å². The highest BCUT2D eigenvalue weighted by atomic mass is 16.1. The molecule has 3 nitrogen and oxygen atoms in total. The van der Waals surface area contributed by atoms with E-state index in [0.717, 1.165) is 18.7 Å². The smallest absolute Gasteiger partial charge is 0.157 e. The lowest BCUT2D eigenvalue weighted by Gasteiger charge is -2.47. The monoisotopic (exact) mass is 208 g/mol. The second kappa shape index (κ2) is 3.97. The number of nitrogens with zero attached hydrogens (tertiary/aromatic N) is 1. The molecule has 0 aliphatic heterocycles. The van der Waals surface area contributed by atoms with Crippen LogP contribution in [0, 0.1) is 0 Å². The minimum absolute atomic E-state index is 0.269. The lowest BCUT2D eigenvalue weighted by Crippen LogP contribution is -2.56. The second-order valence-electron chi connectivity index (χ2n) is 4.96. The molecule has 0 amide bonds. The van der Waals surface area contributed by atoms with Gasteiger partial charge in [-0.05, 0) is 39.8 Å². The zero-order valence-corrected chi connectivity index (χ0v) is 9.68. The van der Waals surface area contributed by atoms with Crippen molar-refractivity contribution in [3.63, 3.8) is 0 Å². The molecular formula is C12H20N2O. The Morgan fingerprint density at radius 1 is 1.40 bits per heavy atom. The summed E-state index contributed by atoms with van der Waals surface area (Å²) in [5.74, 6) is 0.269. The van der Waals surface area contributed by atoms with Crippen LogP contribution in [0.3, 0.4) is 0 Å². The van der Waals surface area contributed by atoms with Crippen molar-refractivity contribution in [1.82, 2.24) is 10.2 Å². The van der Waals surface area contributed by atoms with Gasteiger partial charge in [0.05, 0.1) is 0 Å². The Morgan fingerprint density at radius 2 is 2.13 bits per heavy atom. The molecule has 0 spiro atoms. The normalized spacial score (nSPS) is 23.9. The molecule has 2 rings (SSSR count). The molecule has 1 fully saturated rings. The first-order valence-corrected chi connectivity index (χ1v) is 5.77. The predicted octanol–water partition coefficient (Wildman–Crippen LogP) is 1.31. The van der Waals surface area contributed by atoms with Crippen LogP contribution in [0.25, 0.3) is 0 Å². The van der Waals surface area contributed by atoms with Crippen LogP contribution in [0.2, 0.25) is 0 Å². The maximum atomic E-state index is 11.1. The summed E-state index contributed by atoms with van der Waals surface area (Å²) in [6, 6.07) is 0. The van der Waals surface area contributed by atoms with Gasteiger partial charge in [0, 0.05) is 30.3 Å². The van der Waals surface area contributed by atoms with Crippen LogP contribution < -0.4 is 5.32 Å². The van der Waals surface area contributed by atoms with Crippen LogP contribution in [-0.2, 0) is 4.79 Å². The summed E-state index contributed by atoms with van der Waals surface area (Å²) in [4.78, 5) is 13.4. The maximum absolute atomic E-state index is 11.1. The van der Waals surface area contributed by atoms with Crippen molar-refractivity contribution in [3.8, 4) is 0 Å². The van der Waals surface area contributed by atoms with Crippen LogP contribution in [0.4, 0.5) is 0 Å². The van der Waals surface area contributed by atoms with Gasteiger partial charge in [-0.25, -0.2) is 0 Å². The number of allylic oxidation sites excluding steroid dienone is 2. The quantitative estimate of drug-likeness (QED) is 0.756. The number of nitrogens with one attached hydrogen (secondary N) is 1. The highest BCUT2D eigenvalue weighted by Crippen LogP contribution is 2.35. The summed E-state index contributed by atoms with van der Waals surface area (Å²) in [6.07, 6.45) is 7.24. The van der Waals surface area contributed by atoms with Crippen molar-refractivity contribution in [2.45, 2.75) is 37.6 Å². The molecule has 15 heavy (non-hydrogen) atoms. The van der Waals surface area contributed by atoms with E-state index in [9.17, 15) is 4.79 Å². The minimum Gasteiger partial charge on any atom is -0.386 e. The summed E-state index contributed by atoms with van der Waals surface area (Å²) < 4.78 is 0. The zero-order valence-electron chi connectivity index (χ0n) is 9.68. The molecule has 0 aromatic heterocycles. The Bertz CT molecular complexity index is 290. The number of hydrogen-bond donors (Lipinski definition) is 1. The summed E-state index contributed by atoms with van der Waals surface area (Å²) in [5.41, 5.74) is 1.47.